The van der Waals surface area contributed by atoms with E-state index in [-0.39, 0.29) is 5.48 Å². The van der Waals surface area contributed by atoms with Gasteiger partial charge in [0.25, 0.3) is 0 Å². The highest BCUT2D eigenvalue weighted by Gasteiger charge is 2.52. The van der Waals surface area contributed by atoms with Crippen molar-refractivity contribution in [2.75, 3.05) is 0 Å². The predicted molar refractivity (Wildman–Crippen MR) is 47.4 cm³/mol. The lowest BCUT2D eigenvalue weighted by molar-refractivity contribution is 0.488. The SMILES string of the molecule is CC1C=C2C(CC1)C2(C)C.O. The Balaban J connectivity index is 0.000000605. The number of fused-ring (bicyclic) bond motifs is 1. The average Bonchev–Trinajstić information content (AvgIpc) is 2.36. The van der Waals surface area contributed by atoms with Crippen LogP contribution < -0.4 is 0 Å². The van der Waals surface area contributed by atoms with Crippen LogP contribution in [-0.2, 0) is 0 Å². The van der Waals surface area contributed by atoms with Crippen LogP contribution in [0.25, 0.3) is 0 Å². The molecule has 2 N–H and O–H groups in total. The van der Waals surface area contributed by atoms with Gasteiger partial charge in [-0.3, -0.25) is 0 Å². The number of rotatable bonds is 0. The van der Waals surface area contributed by atoms with E-state index in [0.717, 1.165) is 11.8 Å². The minimum atomic E-state index is 0. The van der Waals surface area contributed by atoms with Gasteiger partial charge in [0.05, 0.1) is 0 Å². The Morgan fingerprint density at radius 3 is 2.45 bits per heavy atom. The number of hydrogen-bond donors (Lipinski definition) is 0. The minimum Gasteiger partial charge on any atom is -0.412 e. The van der Waals surface area contributed by atoms with Gasteiger partial charge in [0.15, 0.2) is 0 Å². The van der Waals surface area contributed by atoms with Crippen molar-refractivity contribution in [3.05, 3.63) is 11.6 Å². The third kappa shape index (κ3) is 1.12. The molecule has 0 bridgehead atoms. The third-order valence-electron chi connectivity index (χ3n) is 3.28. The fourth-order valence-corrected chi connectivity index (χ4v) is 2.34. The Hall–Kier alpha value is -0.300. The van der Waals surface area contributed by atoms with Crippen molar-refractivity contribution in [1.29, 1.82) is 0 Å². The average molecular weight is 154 g/mol. The third-order valence-corrected chi connectivity index (χ3v) is 3.28. The van der Waals surface area contributed by atoms with Gasteiger partial charge in [-0.1, -0.05) is 32.4 Å². The van der Waals surface area contributed by atoms with Crippen molar-refractivity contribution in [1.82, 2.24) is 0 Å². The predicted octanol–water partition coefficient (Wildman–Crippen LogP) is 2.17. The molecule has 1 fully saturated rings. The summed E-state index contributed by atoms with van der Waals surface area (Å²) in [4.78, 5) is 0. The first-order valence-electron chi connectivity index (χ1n) is 4.34. The zero-order valence-electron chi connectivity index (χ0n) is 7.65. The summed E-state index contributed by atoms with van der Waals surface area (Å²) in [6, 6.07) is 0. The van der Waals surface area contributed by atoms with E-state index >= 15 is 0 Å². The Bertz CT molecular complexity index is 191. The molecule has 0 spiro atoms. The highest BCUT2D eigenvalue weighted by atomic mass is 16.0. The van der Waals surface area contributed by atoms with Crippen molar-refractivity contribution < 1.29 is 5.48 Å². The first-order valence-corrected chi connectivity index (χ1v) is 4.34. The highest BCUT2D eigenvalue weighted by molar-refractivity contribution is 5.37. The maximum atomic E-state index is 2.49. The van der Waals surface area contributed by atoms with Crippen LogP contribution in [0, 0.1) is 17.3 Å². The maximum Gasteiger partial charge on any atom is -0.00759 e. The zero-order chi connectivity index (χ0) is 7.35. The summed E-state index contributed by atoms with van der Waals surface area (Å²) in [5, 5.41) is 0. The summed E-state index contributed by atoms with van der Waals surface area (Å²) in [5.74, 6) is 1.82. The van der Waals surface area contributed by atoms with E-state index in [1.807, 2.05) is 0 Å². The molecule has 0 amide bonds. The molecule has 1 heteroatoms. The van der Waals surface area contributed by atoms with Crippen LogP contribution in [0.15, 0.2) is 11.6 Å². The van der Waals surface area contributed by atoms with Gasteiger partial charge in [-0.05, 0) is 30.1 Å². The molecule has 2 aliphatic carbocycles. The second kappa shape index (κ2) is 2.34. The smallest absolute Gasteiger partial charge is 0.00759 e. The Kier molecular flexibility index (Phi) is 1.87. The van der Waals surface area contributed by atoms with Crippen LogP contribution in [0.1, 0.15) is 33.6 Å². The number of hydrogen-bond acceptors (Lipinski definition) is 0. The molecule has 0 aromatic carbocycles. The van der Waals surface area contributed by atoms with Crippen molar-refractivity contribution in [2.24, 2.45) is 17.3 Å². The second-order valence-electron chi connectivity index (χ2n) is 4.45. The normalized spacial score (nSPS) is 38.3. The van der Waals surface area contributed by atoms with E-state index in [0.29, 0.717) is 5.41 Å². The molecule has 2 rings (SSSR count). The summed E-state index contributed by atoms with van der Waals surface area (Å²) < 4.78 is 0. The van der Waals surface area contributed by atoms with Crippen molar-refractivity contribution in [3.8, 4) is 0 Å². The molecule has 2 atom stereocenters. The molecular formula is C10H18O. The molecule has 2 aliphatic rings. The largest absolute Gasteiger partial charge is 0.412 e. The van der Waals surface area contributed by atoms with E-state index in [9.17, 15) is 0 Å². The van der Waals surface area contributed by atoms with Gasteiger partial charge in [0.1, 0.15) is 0 Å². The van der Waals surface area contributed by atoms with E-state index in [2.05, 4.69) is 26.8 Å². The quantitative estimate of drug-likeness (QED) is 0.479. The molecule has 0 saturated heterocycles. The standard InChI is InChI=1S/C10H16.H2O/c1-7-4-5-8-9(6-7)10(8,2)3;/h6-8H,4-5H2,1-3H3;1H2. The lowest BCUT2D eigenvalue weighted by Gasteiger charge is -2.08. The van der Waals surface area contributed by atoms with Crippen LogP contribution in [0.4, 0.5) is 0 Å². The van der Waals surface area contributed by atoms with Gasteiger partial charge in [0, 0.05) is 0 Å². The Morgan fingerprint density at radius 1 is 1.36 bits per heavy atom. The van der Waals surface area contributed by atoms with Crippen LogP contribution in [0.2, 0.25) is 0 Å². The van der Waals surface area contributed by atoms with E-state index in [1.165, 1.54) is 12.8 Å². The highest BCUT2D eigenvalue weighted by Crippen LogP contribution is 2.62. The molecule has 0 aromatic rings. The topological polar surface area (TPSA) is 31.5 Å². The van der Waals surface area contributed by atoms with E-state index in [4.69, 9.17) is 0 Å². The van der Waals surface area contributed by atoms with Gasteiger partial charge in [0.2, 0.25) is 0 Å². The molecule has 2 unspecified atom stereocenters. The van der Waals surface area contributed by atoms with E-state index < -0.39 is 0 Å². The fraction of sp³-hybridized carbons (Fsp3) is 0.800. The van der Waals surface area contributed by atoms with Gasteiger partial charge >= 0.3 is 0 Å². The van der Waals surface area contributed by atoms with Gasteiger partial charge in [-0.25, -0.2) is 0 Å². The molecule has 1 saturated carbocycles. The molecule has 0 radical (unpaired) electrons. The first-order chi connectivity index (χ1) is 4.62. The molecule has 0 aliphatic heterocycles. The van der Waals surface area contributed by atoms with Gasteiger partial charge in [-0.15, -0.1) is 0 Å². The fourth-order valence-electron chi connectivity index (χ4n) is 2.34. The van der Waals surface area contributed by atoms with Crippen molar-refractivity contribution in [2.45, 2.75) is 33.6 Å². The van der Waals surface area contributed by atoms with Gasteiger partial charge in [-0.2, -0.15) is 0 Å². The Morgan fingerprint density at radius 2 is 2.00 bits per heavy atom. The summed E-state index contributed by atoms with van der Waals surface area (Å²) in [6.45, 7) is 7.08. The first kappa shape index (κ1) is 8.79. The summed E-state index contributed by atoms with van der Waals surface area (Å²) in [5.41, 5.74) is 2.33. The lowest BCUT2D eigenvalue weighted by Crippen LogP contribution is -1.95. The maximum absolute atomic E-state index is 2.49. The van der Waals surface area contributed by atoms with Gasteiger partial charge < -0.3 is 5.48 Å². The monoisotopic (exact) mass is 154 g/mol. The summed E-state index contributed by atoms with van der Waals surface area (Å²) in [7, 11) is 0. The summed E-state index contributed by atoms with van der Waals surface area (Å²) in [6.07, 6.45) is 5.35. The van der Waals surface area contributed by atoms with Crippen molar-refractivity contribution in [3.63, 3.8) is 0 Å². The van der Waals surface area contributed by atoms with Crippen molar-refractivity contribution >= 4 is 0 Å². The van der Waals surface area contributed by atoms with Crippen LogP contribution in [0.5, 0.6) is 0 Å². The summed E-state index contributed by atoms with van der Waals surface area (Å²) >= 11 is 0. The minimum absolute atomic E-state index is 0. The Labute approximate surface area is 68.8 Å². The molecule has 11 heavy (non-hydrogen) atoms. The molecule has 0 heterocycles. The number of allylic oxidation sites excluding steroid dienone is 2. The van der Waals surface area contributed by atoms with Crippen LogP contribution in [0.3, 0.4) is 0 Å². The molecule has 0 aromatic heterocycles. The molecule has 64 valence electrons. The molecule has 1 nitrogen and oxygen atoms in total. The molecular weight excluding hydrogens is 136 g/mol. The zero-order valence-corrected chi connectivity index (χ0v) is 7.65. The van der Waals surface area contributed by atoms with Crippen LogP contribution >= 0.6 is 0 Å². The second-order valence-corrected chi connectivity index (χ2v) is 4.45. The lowest BCUT2D eigenvalue weighted by atomic mass is 9.98. The van der Waals surface area contributed by atoms with E-state index in [1.54, 1.807) is 5.57 Å². The van der Waals surface area contributed by atoms with Crippen LogP contribution in [-0.4, -0.2) is 5.48 Å².